The van der Waals surface area contributed by atoms with Gasteiger partial charge >= 0.3 is 0 Å². The molecule has 1 aromatic heterocycles. The van der Waals surface area contributed by atoms with E-state index in [1.54, 1.807) is 18.3 Å². The second-order valence-electron chi connectivity index (χ2n) is 4.15. The number of carbonyl (C=O) groups excluding carboxylic acids is 1. The van der Waals surface area contributed by atoms with Crippen LogP contribution in [0, 0.1) is 5.82 Å². The number of aromatic amines is 1. The molecule has 1 heterocycles. The van der Waals surface area contributed by atoms with Crippen molar-refractivity contribution in [3.8, 4) is 0 Å². The van der Waals surface area contributed by atoms with Crippen LogP contribution in [-0.2, 0) is 11.2 Å². The van der Waals surface area contributed by atoms with Gasteiger partial charge in [0, 0.05) is 23.6 Å². The number of fused-ring (bicyclic) bond motifs is 1. The van der Waals surface area contributed by atoms with Gasteiger partial charge in [-0.3, -0.25) is 4.79 Å². The highest BCUT2D eigenvalue weighted by atomic mass is 19.1. The molecule has 2 rings (SSSR count). The molecule has 0 aliphatic carbocycles. The van der Waals surface area contributed by atoms with Gasteiger partial charge in [0.15, 0.2) is 0 Å². The van der Waals surface area contributed by atoms with Gasteiger partial charge in [0.1, 0.15) is 5.82 Å². The Morgan fingerprint density at radius 3 is 3.06 bits per heavy atom. The van der Waals surface area contributed by atoms with Crippen molar-refractivity contribution in [3.63, 3.8) is 0 Å². The molecule has 0 aliphatic rings. The minimum Gasteiger partial charge on any atom is -0.361 e. The predicted octanol–water partition coefficient (Wildman–Crippen LogP) is 1.31. The van der Waals surface area contributed by atoms with Crippen molar-refractivity contribution >= 4 is 16.8 Å². The molecule has 0 aliphatic heterocycles. The van der Waals surface area contributed by atoms with Crippen LogP contribution in [-0.4, -0.2) is 24.0 Å². The number of nitrogens with two attached hydrogens (primary N) is 1. The first-order valence-electron chi connectivity index (χ1n) is 5.93. The van der Waals surface area contributed by atoms with Gasteiger partial charge in [0.2, 0.25) is 5.91 Å². The van der Waals surface area contributed by atoms with E-state index in [0.29, 0.717) is 29.6 Å². The highest BCUT2D eigenvalue weighted by Gasteiger charge is 2.11. The van der Waals surface area contributed by atoms with E-state index in [2.05, 4.69) is 10.3 Å². The van der Waals surface area contributed by atoms with E-state index >= 15 is 0 Å². The normalized spacial score (nSPS) is 10.8. The highest BCUT2D eigenvalue weighted by Crippen LogP contribution is 2.21. The van der Waals surface area contributed by atoms with Gasteiger partial charge in [-0.15, -0.1) is 0 Å². The fourth-order valence-electron chi connectivity index (χ4n) is 1.91. The minimum absolute atomic E-state index is 0.118. The van der Waals surface area contributed by atoms with Crippen molar-refractivity contribution in [1.29, 1.82) is 0 Å². The van der Waals surface area contributed by atoms with E-state index in [1.165, 1.54) is 6.07 Å². The largest absolute Gasteiger partial charge is 0.361 e. The van der Waals surface area contributed by atoms with Gasteiger partial charge in [-0.25, -0.2) is 4.39 Å². The summed E-state index contributed by atoms with van der Waals surface area (Å²) in [7, 11) is 0. The zero-order chi connectivity index (χ0) is 13.0. The van der Waals surface area contributed by atoms with Crippen molar-refractivity contribution in [2.45, 2.75) is 12.8 Å². The molecule has 18 heavy (non-hydrogen) atoms. The lowest BCUT2D eigenvalue weighted by Gasteiger charge is -2.03. The number of hydrogen-bond donors (Lipinski definition) is 3. The molecular formula is C13H16FN3O. The van der Waals surface area contributed by atoms with Gasteiger partial charge < -0.3 is 16.0 Å². The van der Waals surface area contributed by atoms with Crippen LogP contribution in [0.25, 0.3) is 10.9 Å². The van der Waals surface area contributed by atoms with Crippen LogP contribution < -0.4 is 11.1 Å². The fraction of sp³-hybridized carbons (Fsp3) is 0.308. The summed E-state index contributed by atoms with van der Waals surface area (Å²) in [6.45, 7) is 1.10. The predicted molar refractivity (Wildman–Crippen MR) is 68.6 cm³/mol. The van der Waals surface area contributed by atoms with Crippen molar-refractivity contribution in [3.05, 3.63) is 35.8 Å². The number of carbonyl (C=O) groups is 1. The molecule has 4 nitrogen and oxygen atoms in total. The molecule has 0 fully saturated rings. The number of amides is 1. The lowest BCUT2D eigenvalue weighted by molar-refractivity contribution is -0.120. The van der Waals surface area contributed by atoms with Crippen LogP contribution in [0.2, 0.25) is 0 Å². The zero-order valence-corrected chi connectivity index (χ0v) is 10.0. The highest BCUT2D eigenvalue weighted by molar-refractivity contribution is 5.89. The van der Waals surface area contributed by atoms with E-state index in [1.807, 2.05) is 0 Å². The summed E-state index contributed by atoms with van der Waals surface area (Å²) in [6.07, 6.45) is 2.59. The first-order chi connectivity index (χ1) is 8.72. The molecule has 0 saturated heterocycles. The second kappa shape index (κ2) is 5.64. The summed E-state index contributed by atoms with van der Waals surface area (Å²) in [6, 6.07) is 4.82. The molecule has 1 aromatic carbocycles. The van der Waals surface area contributed by atoms with Gasteiger partial charge in [-0.1, -0.05) is 6.07 Å². The van der Waals surface area contributed by atoms with Crippen LogP contribution in [0.15, 0.2) is 24.4 Å². The van der Waals surface area contributed by atoms with Crippen molar-refractivity contribution < 1.29 is 9.18 Å². The number of hydrogen-bond acceptors (Lipinski definition) is 2. The Balaban J connectivity index is 2.10. The molecule has 0 bridgehead atoms. The smallest absolute Gasteiger partial charge is 0.224 e. The molecule has 0 saturated carbocycles. The Kier molecular flexibility index (Phi) is 3.94. The first kappa shape index (κ1) is 12.6. The van der Waals surface area contributed by atoms with Crippen LogP contribution in [0.5, 0.6) is 0 Å². The Morgan fingerprint density at radius 2 is 2.28 bits per heavy atom. The second-order valence-corrected chi connectivity index (χ2v) is 4.15. The van der Waals surface area contributed by atoms with E-state index in [4.69, 9.17) is 5.73 Å². The average Bonchev–Trinajstić information content (AvgIpc) is 2.74. The quantitative estimate of drug-likeness (QED) is 0.699. The number of rotatable bonds is 5. The number of benzene rings is 1. The van der Waals surface area contributed by atoms with Crippen molar-refractivity contribution in [2.24, 2.45) is 5.73 Å². The molecule has 4 N–H and O–H groups in total. The van der Waals surface area contributed by atoms with Crippen LogP contribution >= 0.6 is 0 Å². The van der Waals surface area contributed by atoms with Crippen LogP contribution in [0.1, 0.15) is 12.0 Å². The standard InChI is InChI=1S/C13H16FN3O/c14-10-3-1-4-11-13(10)9(8-17-11)7-12(18)16-6-2-5-15/h1,3-4,8,17H,2,5-7,15H2,(H,16,18). The monoisotopic (exact) mass is 249 g/mol. The third-order valence-electron chi connectivity index (χ3n) is 2.79. The van der Waals surface area contributed by atoms with Gasteiger partial charge in [0.05, 0.1) is 6.42 Å². The average molecular weight is 249 g/mol. The Bertz CT molecular complexity index is 550. The number of aromatic nitrogens is 1. The molecule has 0 radical (unpaired) electrons. The van der Waals surface area contributed by atoms with Crippen molar-refractivity contribution in [1.82, 2.24) is 10.3 Å². The maximum Gasteiger partial charge on any atom is 0.224 e. The molecule has 0 atom stereocenters. The van der Waals surface area contributed by atoms with E-state index in [-0.39, 0.29) is 18.1 Å². The summed E-state index contributed by atoms with van der Waals surface area (Å²) >= 11 is 0. The topological polar surface area (TPSA) is 70.9 Å². The van der Waals surface area contributed by atoms with E-state index in [0.717, 1.165) is 6.42 Å². The number of nitrogens with one attached hydrogen (secondary N) is 2. The zero-order valence-electron chi connectivity index (χ0n) is 10.0. The van der Waals surface area contributed by atoms with Gasteiger partial charge in [-0.05, 0) is 30.7 Å². The lowest BCUT2D eigenvalue weighted by Crippen LogP contribution is -2.27. The third kappa shape index (κ3) is 2.68. The SMILES string of the molecule is NCCCNC(=O)Cc1c[nH]c2cccc(F)c12. The maximum absolute atomic E-state index is 13.7. The molecule has 0 unspecified atom stereocenters. The maximum atomic E-state index is 13.7. The van der Waals surface area contributed by atoms with Gasteiger partial charge in [0.25, 0.3) is 0 Å². The summed E-state index contributed by atoms with van der Waals surface area (Å²) in [4.78, 5) is 14.6. The summed E-state index contributed by atoms with van der Waals surface area (Å²) in [5, 5.41) is 3.24. The summed E-state index contributed by atoms with van der Waals surface area (Å²) in [5.41, 5.74) is 6.72. The van der Waals surface area contributed by atoms with Crippen LogP contribution in [0.3, 0.4) is 0 Å². The molecule has 5 heteroatoms. The van der Waals surface area contributed by atoms with Crippen LogP contribution in [0.4, 0.5) is 4.39 Å². The number of halogens is 1. The summed E-state index contributed by atoms with van der Waals surface area (Å²) < 4.78 is 13.7. The minimum atomic E-state index is -0.307. The van der Waals surface area contributed by atoms with E-state index < -0.39 is 0 Å². The Morgan fingerprint density at radius 1 is 1.44 bits per heavy atom. The van der Waals surface area contributed by atoms with Gasteiger partial charge in [-0.2, -0.15) is 0 Å². The number of H-pyrrole nitrogens is 1. The fourth-order valence-corrected chi connectivity index (χ4v) is 1.91. The third-order valence-corrected chi connectivity index (χ3v) is 2.79. The lowest BCUT2D eigenvalue weighted by atomic mass is 10.1. The van der Waals surface area contributed by atoms with Crippen molar-refractivity contribution in [2.75, 3.05) is 13.1 Å². The Labute approximate surface area is 104 Å². The summed E-state index contributed by atoms with van der Waals surface area (Å²) in [5.74, 6) is -0.425. The molecule has 2 aromatic rings. The molecular weight excluding hydrogens is 233 g/mol. The Hall–Kier alpha value is -1.88. The first-order valence-corrected chi connectivity index (χ1v) is 5.93. The molecule has 0 spiro atoms. The molecule has 1 amide bonds. The molecule has 96 valence electrons. The van der Waals surface area contributed by atoms with E-state index in [9.17, 15) is 9.18 Å².